The molecule has 0 saturated carbocycles. The molecule has 16 heavy (non-hydrogen) atoms. The Bertz CT molecular complexity index is 568. The molecule has 0 N–H and O–H groups in total. The van der Waals surface area contributed by atoms with Crippen LogP contribution in [0.4, 0.5) is 0 Å². The first-order valence-electron chi connectivity index (χ1n) is 4.99. The Kier molecular flexibility index (Phi) is 3.13. The average molecular weight is 251 g/mol. The monoisotopic (exact) mass is 250 g/mol. The summed E-state index contributed by atoms with van der Waals surface area (Å²) in [4.78, 5) is 0. The summed E-state index contributed by atoms with van der Waals surface area (Å²) in [5, 5.41) is 10.3. The molecule has 1 unspecified atom stereocenters. The third kappa shape index (κ3) is 1.68. The SMILES string of the molecule is CC(CS)n1ccc2c(Cl)c(C#N)ccc21. The zero-order chi connectivity index (χ0) is 11.7. The molecule has 1 heterocycles. The van der Waals surface area contributed by atoms with Crippen LogP contribution in [0.25, 0.3) is 10.9 Å². The highest BCUT2D eigenvalue weighted by molar-refractivity contribution is 7.80. The summed E-state index contributed by atoms with van der Waals surface area (Å²) in [5.74, 6) is 0.765. The highest BCUT2D eigenvalue weighted by atomic mass is 35.5. The lowest BCUT2D eigenvalue weighted by Crippen LogP contribution is -2.04. The van der Waals surface area contributed by atoms with Crippen molar-refractivity contribution >= 4 is 35.1 Å². The Morgan fingerprint density at radius 3 is 2.88 bits per heavy atom. The van der Waals surface area contributed by atoms with Gasteiger partial charge in [0.1, 0.15) is 6.07 Å². The van der Waals surface area contributed by atoms with E-state index in [2.05, 4.69) is 30.2 Å². The van der Waals surface area contributed by atoms with E-state index < -0.39 is 0 Å². The van der Waals surface area contributed by atoms with Gasteiger partial charge in [-0.2, -0.15) is 17.9 Å². The van der Waals surface area contributed by atoms with Crippen molar-refractivity contribution in [2.45, 2.75) is 13.0 Å². The molecule has 2 rings (SSSR count). The molecule has 0 spiro atoms. The molecular weight excluding hydrogens is 240 g/mol. The van der Waals surface area contributed by atoms with Gasteiger partial charge in [-0.25, -0.2) is 0 Å². The van der Waals surface area contributed by atoms with Crippen molar-refractivity contribution in [2.75, 3.05) is 5.75 Å². The van der Waals surface area contributed by atoms with E-state index in [1.807, 2.05) is 18.3 Å². The first-order valence-corrected chi connectivity index (χ1v) is 6.00. The van der Waals surface area contributed by atoms with E-state index in [1.165, 1.54) is 0 Å². The highest BCUT2D eigenvalue weighted by Crippen LogP contribution is 2.29. The lowest BCUT2D eigenvalue weighted by Gasteiger charge is -2.12. The molecule has 2 aromatic rings. The Balaban J connectivity index is 2.68. The van der Waals surface area contributed by atoms with Crippen LogP contribution in [-0.2, 0) is 0 Å². The summed E-state index contributed by atoms with van der Waals surface area (Å²) in [5.41, 5.74) is 1.57. The minimum atomic E-state index is 0.310. The average Bonchev–Trinajstić information content (AvgIpc) is 2.73. The van der Waals surface area contributed by atoms with E-state index in [0.717, 1.165) is 16.7 Å². The second kappa shape index (κ2) is 4.40. The van der Waals surface area contributed by atoms with Gasteiger partial charge in [0, 0.05) is 28.9 Å². The number of hydrogen-bond acceptors (Lipinski definition) is 2. The highest BCUT2D eigenvalue weighted by Gasteiger charge is 2.11. The zero-order valence-electron chi connectivity index (χ0n) is 8.81. The molecule has 0 aliphatic carbocycles. The van der Waals surface area contributed by atoms with Crippen LogP contribution >= 0.6 is 24.2 Å². The first kappa shape index (κ1) is 11.4. The maximum atomic E-state index is 8.89. The van der Waals surface area contributed by atoms with Crippen molar-refractivity contribution in [3.05, 3.63) is 35.0 Å². The molecule has 82 valence electrons. The van der Waals surface area contributed by atoms with Crippen molar-refractivity contribution in [2.24, 2.45) is 0 Å². The molecule has 0 amide bonds. The third-order valence-electron chi connectivity index (χ3n) is 2.70. The molecule has 1 aromatic heterocycles. The summed E-state index contributed by atoms with van der Waals surface area (Å²) >= 11 is 10.4. The summed E-state index contributed by atoms with van der Waals surface area (Å²) in [6.07, 6.45) is 1.98. The molecule has 1 atom stereocenters. The molecule has 0 fully saturated rings. The van der Waals surface area contributed by atoms with Crippen molar-refractivity contribution < 1.29 is 0 Å². The molecule has 4 heteroatoms. The minimum absolute atomic E-state index is 0.310. The number of benzene rings is 1. The van der Waals surface area contributed by atoms with Gasteiger partial charge in [-0.1, -0.05) is 11.6 Å². The summed E-state index contributed by atoms with van der Waals surface area (Å²) in [6.45, 7) is 2.10. The van der Waals surface area contributed by atoms with Crippen molar-refractivity contribution in [3.63, 3.8) is 0 Å². The van der Waals surface area contributed by atoms with Crippen LogP contribution in [0.5, 0.6) is 0 Å². The van der Waals surface area contributed by atoms with E-state index in [4.69, 9.17) is 16.9 Å². The standard InChI is InChI=1S/C12H11ClN2S/c1-8(7-16)15-5-4-10-11(15)3-2-9(6-14)12(10)13/h2-5,8,16H,7H2,1H3. The fourth-order valence-electron chi connectivity index (χ4n) is 1.76. The van der Waals surface area contributed by atoms with Crippen LogP contribution in [0.2, 0.25) is 5.02 Å². The van der Waals surface area contributed by atoms with Crippen LogP contribution in [0, 0.1) is 11.3 Å². The van der Waals surface area contributed by atoms with Gasteiger partial charge in [0.2, 0.25) is 0 Å². The second-order valence-corrected chi connectivity index (χ2v) is 4.47. The van der Waals surface area contributed by atoms with Gasteiger partial charge in [0.15, 0.2) is 0 Å². The Hall–Kier alpha value is -1.11. The van der Waals surface area contributed by atoms with Gasteiger partial charge in [0.25, 0.3) is 0 Å². The topological polar surface area (TPSA) is 28.7 Å². The summed E-state index contributed by atoms with van der Waals surface area (Å²) in [7, 11) is 0. The van der Waals surface area contributed by atoms with Crippen LogP contribution in [-0.4, -0.2) is 10.3 Å². The predicted octanol–water partition coefficient (Wildman–Crippen LogP) is 3.66. The molecule has 2 nitrogen and oxygen atoms in total. The third-order valence-corrected chi connectivity index (χ3v) is 3.63. The zero-order valence-corrected chi connectivity index (χ0v) is 10.5. The number of halogens is 1. The van der Waals surface area contributed by atoms with Crippen molar-refractivity contribution in [1.82, 2.24) is 4.57 Å². The quantitative estimate of drug-likeness (QED) is 0.810. The maximum absolute atomic E-state index is 8.89. The van der Waals surface area contributed by atoms with E-state index in [-0.39, 0.29) is 0 Å². The summed E-state index contributed by atoms with van der Waals surface area (Å²) in [6, 6.07) is 8.02. The van der Waals surface area contributed by atoms with Gasteiger partial charge in [-0.05, 0) is 25.1 Å². The maximum Gasteiger partial charge on any atom is 0.101 e. The van der Waals surface area contributed by atoms with Crippen LogP contribution in [0.1, 0.15) is 18.5 Å². The molecule has 0 aliphatic heterocycles. The van der Waals surface area contributed by atoms with Gasteiger partial charge in [-0.15, -0.1) is 0 Å². The van der Waals surface area contributed by atoms with Crippen LogP contribution in [0.15, 0.2) is 24.4 Å². The van der Waals surface area contributed by atoms with E-state index in [9.17, 15) is 0 Å². The predicted molar refractivity (Wildman–Crippen MR) is 70.2 cm³/mol. The number of nitriles is 1. The normalized spacial score (nSPS) is 12.6. The number of nitrogens with zero attached hydrogens (tertiary/aromatic N) is 2. The molecule has 0 radical (unpaired) electrons. The first-order chi connectivity index (χ1) is 7.69. The number of thiol groups is 1. The molecule has 0 bridgehead atoms. The number of fused-ring (bicyclic) bond motifs is 1. The molecule has 0 aliphatic rings. The minimum Gasteiger partial charge on any atom is -0.344 e. The fraction of sp³-hybridized carbons (Fsp3) is 0.250. The smallest absolute Gasteiger partial charge is 0.101 e. The fourth-order valence-corrected chi connectivity index (χ4v) is 2.20. The van der Waals surface area contributed by atoms with E-state index >= 15 is 0 Å². The largest absolute Gasteiger partial charge is 0.344 e. The summed E-state index contributed by atoms with van der Waals surface area (Å²) < 4.78 is 2.12. The van der Waals surface area contributed by atoms with Crippen molar-refractivity contribution in [1.29, 1.82) is 5.26 Å². The van der Waals surface area contributed by atoms with Crippen LogP contribution in [0.3, 0.4) is 0 Å². The molecule has 0 saturated heterocycles. The van der Waals surface area contributed by atoms with Gasteiger partial charge in [0.05, 0.1) is 10.6 Å². The molecular formula is C12H11ClN2S. The number of rotatable bonds is 2. The van der Waals surface area contributed by atoms with E-state index in [0.29, 0.717) is 16.6 Å². The van der Waals surface area contributed by atoms with E-state index in [1.54, 1.807) is 6.07 Å². The number of aromatic nitrogens is 1. The second-order valence-electron chi connectivity index (χ2n) is 3.73. The lowest BCUT2D eigenvalue weighted by atomic mass is 10.1. The number of hydrogen-bond donors (Lipinski definition) is 1. The van der Waals surface area contributed by atoms with Gasteiger partial charge >= 0.3 is 0 Å². The Labute approximate surface area is 105 Å². The lowest BCUT2D eigenvalue weighted by molar-refractivity contribution is 0.634. The van der Waals surface area contributed by atoms with Gasteiger partial charge in [-0.3, -0.25) is 0 Å². The Morgan fingerprint density at radius 1 is 1.50 bits per heavy atom. The van der Waals surface area contributed by atoms with Crippen LogP contribution < -0.4 is 0 Å². The van der Waals surface area contributed by atoms with Gasteiger partial charge < -0.3 is 4.57 Å². The Morgan fingerprint density at radius 2 is 2.25 bits per heavy atom. The molecule has 1 aromatic carbocycles. The van der Waals surface area contributed by atoms with Crippen molar-refractivity contribution in [3.8, 4) is 6.07 Å².